The summed E-state index contributed by atoms with van der Waals surface area (Å²) in [7, 11) is 0. The van der Waals surface area contributed by atoms with Crippen LogP contribution < -0.4 is 0 Å². The molecular formula is C27H21N3O3Sc. The van der Waals surface area contributed by atoms with Crippen molar-refractivity contribution >= 4 is 32.7 Å². The van der Waals surface area contributed by atoms with Crippen molar-refractivity contribution in [2.75, 3.05) is 0 Å². The van der Waals surface area contributed by atoms with Crippen LogP contribution in [0, 0.1) is 0 Å². The van der Waals surface area contributed by atoms with Gasteiger partial charge in [0, 0.05) is 60.6 Å². The molecule has 0 bridgehead atoms. The fourth-order valence-electron chi connectivity index (χ4n) is 3.26. The number of hydrogen-bond acceptors (Lipinski definition) is 6. The monoisotopic (exact) mass is 480 g/mol. The van der Waals surface area contributed by atoms with Gasteiger partial charge in [0.15, 0.2) is 0 Å². The van der Waals surface area contributed by atoms with Crippen molar-refractivity contribution in [2.24, 2.45) is 0 Å². The second kappa shape index (κ2) is 11.9. The largest absolute Gasteiger partial charge is 0.506 e. The van der Waals surface area contributed by atoms with Crippen LogP contribution in [0.25, 0.3) is 32.7 Å². The van der Waals surface area contributed by atoms with Crippen molar-refractivity contribution in [2.45, 2.75) is 0 Å². The Labute approximate surface area is 215 Å². The van der Waals surface area contributed by atoms with Gasteiger partial charge in [-0.2, -0.15) is 0 Å². The van der Waals surface area contributed by atoms with Gasteiger partial charge in [0.25, 0.3) is 0 Å². The van der Waals surface area contributed by atoms with Crippen molar-refractivity contribution < 1.29 is 41.2 Å². The SMILES string of the molecule is Oc1cccc2cccnc12.Oc1cccc2cccnc12.Oc1cccc2cccnc12.[Sc]. The van der Waals surface area contributed by atoms with E-state index >= 15 is 0 Å². The number of phenolic OH excluding ortho intramolecular Hbond substituents is 3. The van der Waals surface area contributed by atoms with Gasteiger partial charge in [-0.15, -0.1) is 0 Å². The van der Waals surface area contributed by atoms with E-state index in [1.807, 2.05) is 54.6 Å². The molecule has 3 heterocycles. The van der Waals surface area contributed by atoms with Crippen LogP contribution in [0.15, 0.2) is 110 Å². The minimum atomic E-state index is 0. The Kier molecular flexibility index (Phi) is 8.65. The maximum absolute atomic E-state index is 9.31. The quantitative estimate of drug-likeness (QED) is 0.253. The van der Waals surface area contributed by atoms with Crippen LogP contribution in [0.3, 0.4) is 0 Å². The standard InChI is InChI=1S/3C9H7NO.Sc/c3*11-8-5-1-3-7-4-2-6-10-9(7)8;/h3*1-6,11H;. The van der Waals surface area contributed by atoms with Crippen molar-refractivity contribution in [3.05, 3.63) is 110 Å². The first-order valence-corrected chi connectivity index (χ1v) is 10.2. The Bertz CT molecular complexity index is 1330. The van der Waals surface area contributed by atoms with Crippen molar-refractivity contribution in [3.63, 3.8) is 0 Å². The summed E-state index contributed by atoms with van der Waals surface area (Å²) in [6.45, 7) is 0. The number of phenols is 3. The Morgan fingerprint density at radius 1 is 0.382 bits per heavy atom. The number of nitrogens with zero attached hydrogens (tertiary/aromatic N) is 3. The molecule has 34 heavy (non-hydrogen) atoms. The van der Waals surface area contributed by atoms with Gasteiger partial charge in [0.2, 0.25) is 0 Å². The average Bonchev–Trinajstić information content (AvgIpc) is 2.86. The molecule has 6 rings (SSSR count). The first kappa shape index (κ1) is 24.8. The van der Waals surface area contributed by atoms with Gasteiger partial charge < -0.3 is 15.3 Å². The van der Waals surface area contributed by atoms with Gasteiger partial charge in [-0.25, -0.2) is 0 Å². The molecule has 0 aliphatic rings. The molecule has 0 fully saturated rings. The van der Waals surface area contributed by atoms with Crippen molar-refractivity contribution in [3.8, 4) is 17.2 Å². The molecule has 0 aliphatic heterocycles. The van der Waals surface area contributed by atoms with Gasteiger partial charge in [-0.05, 0) is 36.4 Å². The molecule has 0 spiro atoms. The molecule has 165 valence electrons. The van der Waals surface area contributed by atoms with E-state index in [2.05, 4.69) is 15.0 Å². The second-order valence-electron chi connectivity index (χ2n) is 7.06. The topological polar surface area (TPSA) is 99.4 Å². The summed E-state index contributed by atoms with van der Waals surface area (Å²) in [6.07, 6.45) is 5.01. The molecule has 3 aromatic carbocycles. The van der Waals surface area contributed by atoms with E-state index in [4.69, 9.17) is 0 Å². The summed E-state index contributed by atoms with van der Waals surface area (Å²) in [4.78, 5) is 12.1. The molecule has 0 unspecified atom stereocenters. The zero-order valence-corrected chi connectivity index (χ0v) is 20.0. The zero-order valence-electron chi connectivity index (χ0n) is 18.2. The minimum Gasteiger partial charge on any atom is -0.506 e. The van der Waals surface area contributed by atoms with Gasteiger partial charge in [-0.1, -0.05) is 54.6 Å². The van der Waals surface area contributed by atoms with Gasteiger partial charge >= 0.3 is 0 Å². The van der Waals surface area contributed by atoms with Gasteiger partial charge in [0.05, 0.1) is 0 Å². The molecular weight excluding hydrogens is 459 g/mol. The average molecular weight is 480 g/mol. The second-order valence-corrected chi connectivity index (χ2v) is 7.06. The van der Waals surface area contributed by atoms with E-state index in [9.17, 15) is 15.3 Å². The van der Waals surface area contributed by atoms with Crippen molar-refractivity contribution in [1.29, 1.82) is 0 Å². The molecule has 6 aromatic rings. The first-order chi connectivity index (χ1) is 16.1. The van der Waals surface area contributed by atoms with E-state index in [1.165, 1.54) is 0 Å². The van der Waals surface area contributed by atoms with E-state index in [0.717, 1.165) is 16.2 Å². The number of fused-ring (bicyclic) bond motifs is 3. The summed E-state index contributed by atoms with van der Waals surface area (Å²) in [5.41, 5.74) is 1.99. The molecule has 1 radical (unpaired) electrons. The van der Waals surface area contributed by atoms with E-state index < -0.39 is 0 Å². The Hall–Kier alpha value is -3.84. The normalized spacial score (nSPS) is 9.88. The number of benzene rings is 3. The number of aromatic nitrogens is 3. The number of hydrogen-bond donors (Lipinski definition) is 3. The molecule has 3 aromatic heterocycles. The van der Waals surface area contributed by atoms with Crippen LogP contribution in [0.5, 0.6) is 17.2 Å². The third kappa shape index (κ3) is 5.94. The summed E-state index contributed by atoms with van der Waals surface area (Å²) < 4.78 is 0. The molecule has 0 saturated heterocycles. The maximum Gasteiger partial charge on any atom is 0.141 e. The Balaban J connectivity index is 0.000000141. The fourth-order valence-corrected chi connectivity index (χ4v) is 3.26. The number of rotatable bonds is 0. The van der Waals surface area contributed by atoms with Crippen molar-refractivity contribution in [1.82, 2.24) is 15.0 Å². The molecule has 3 N–H and O–H groups in total. The van der Waals surface area contributed by atoms with Gasteiger partial charge in [-0.3, -0.25) is 15.0 Å². The number of para-hydroxylation sites is 3. The molecule has 0 atom stereocenters. The first-order valence-electron chi connectivity index (χ1n) is 10.2. The molecule has 6 nitrogen and oxygen atoms in total. The van der Waals surface area contributed by atoms with E-state index in [-0.39, 0.29) is 43.1 Å². The van der Waals surface area contributed by atoms with Crippen LogP contribution in [0.2, 0.25) is 0 Å². The summed E-state index contributed by atoms with van der Waals surface area (Å²) in [5, 5.41) is 30.8. The van der Waals surface area contributed by atoms with Gasteiger partial charge in [0.1, 0.15) is 33.8 Å². The third-order valence-corrected chi connectivity index (χ3v) is 4.83. The van der Waals surface area contributed by atoms with Crippen LogP contribution in [0.1, 0.15) is 0 Å². The summed E-state index contributed by atoms with van der Waals surface area (Å²) in [5.74, 6) is 0.717. The minimum absolute atomic E-state index is 0. The third-order valence-electron chi connectivity index (χ3n) is 4.83. The molecule has 0 saturated carbocycles. The number of pyridine rings is 3. The Morgan fingerprint density at radius 2 is 0.647 bits per heavy atom. The van der Waals surface area contributed by atoms with Crippen LogP contribution in [-0.2, 0) is 25.8 Å². The van der Waals surface area contributed by atoms with E-state index in [1.54, 1.807) is 55.0 Å². The predicted octanol–water partition coefficient (Wildman–Crippen LogP) is 5.82. The van der Waals surface area contributed by atoms with Crippen LogP contribution >= 0.6 is 0 Å². The zero-order chi connectivity index (χ0) is 23.0. The smallest absolute Gasteiger partial charge is 0.141 e. The van der Waals surface area contributed by atoms with Crippen LogP contribution in [0.4, 0.5) is 0 Å². The predicted molar refractivity (Wildman–Crippen MR) is 130 cm³/mol. The fraction of sp³-hybridized carbons (Fsp3) is 0. The molecule has 0 amide bonds. The summed E-state index contributed by atoms with van der Waals surface area (Å²) >= 11 is 0. The molecule has 0 aliphatic carbocycles. The Morgan fingerprint density at radius 3 is 0.912 bits per heavy atom. The molecule has 7 heteroatoms. The van der Waals surface area contributed by atoms with Crippen LogP contribution in [-0.4, -0.2) is 30.3 Å². The summed E-state index contributed by atoms with van der Waals surface area (Å²) in [6, 6.07) is 27.4. The number of aromatic hydroxyl groups is 3. The van der Waals surface area contributed by atoms with E-state index in [0.29, 0.717) is 16.6 Å². The maximum atomic E-state index is 9.31.